The number of H-pyrrole nitrogens is 1. The van der Waals surface area contributed by atoms with Crippen molar-refractivity contribution in [3.8, 4) is 0 Å². The van der Waals surface area contributed by atoms with Crippen LogP contribution in [0.1, 0.15) is 23.7 Å². The van der Waals surface area contributed by atoms with Crippen LogP contribution in [0.25, 0.3) is 0 Å². The zero-order valence-corrected chi connectivity index (χ0v) is 9.27. The van der Waals surface area contributed by atoms with Crippen LogP contribution < -0.4 is 5.73 Å². The standard InChI is InChI=1S/C10H16N4O2/c1-7-6-14(3-2-4-16-7)10(15)8-5-12-13-9(8)11/h5,7H,2-4,6H2,1H3,(H3,11,12,13). The van der Waals surface area contributed by atoms with Crippen LogP contribution in [0.4, 0.5) is 5.82 Å². The van der Waals surface area contributed by atoms with Crippen LogP contribution in [-0.4, -0.2) is 46.8 Å². The molecule has 0 saturated carbocycles. The maximum Gasteiger partial charge on any atom is 0.259 e. The largest absolute Gasteiger partial charge is 0.383 e. The van der Waals surface area contributed by atoms with E-state index in [0.717, 1.165) is 6.42 Å². The lowest BCUT2D eigenvalue weighted by atomic mass is 10.2. The van der Waals surface area contributed by atoms with Crippen LogP contribution in [0.2, 0.25) is 0 Å². The molecule has 1 aliphatic rings. The normalized spacial score (nSPS) is 21.8. The summed E-state index contributed by atoms with van der Waals surface area (Å²) in [5.41, 5.74) is 6.06. The Bertz CT molecular complexity index is 377. The molecule has 0 radical (unpaired) electrons. The van der Waals surface area contributed by atoms with Crippen LogP contribution in [-0.2, 0) is 4.74 Å². The molecule has 0 bridgehead atoms. The van der Waals surface area contributed by atoms with Gasteiger partial charge in [0.15, 0.2) is 0 Å². The lowest BCUT2D eigenvalue weighted by molar-refractivity contribution is 0.0563. The number of nitrogens with two attached hydrogens (primary N) is 1. The molecule has 3 N–H and O–H groups in total. The van der Waals surface area contributed by atoms with E-state index in [0.29, 0.717) is 31.1 Å². The van der Waals surface area contributed by atoms with Gasteiger partial charge in [-0.1, -0.05) is 0 Å². The maximum absolute atomic E-state index is 12.1. The number of nitrogens with zero attached hydrogens (tertiary/aromatic N) is 2. The Morgan fingerprint density at radius 3 is 3.25 bits per heavy atom. The van der Waals surface area contributed by atoms with E-state index < -0.39 is 0 Å². The van der Waals surface area contributed by atoms with Crippen LogP contribution in [0.3, 0.4) is 0 Å². The average molecular weight is 224 g/mol. The van der Waals surface area contributed by atoms with Gasteiger partial charge in [0.25, 0.3) is 5.91 Å². The summed E-state index contributed by atoms with van der Waals surface area (Å²) >= 11 is 0. The molecule has 1 aromatic heterocycles. The quantitative estimate of drug-likeness (QED) is 0.715. The van der Waals surface area contributed by atoms with E-state index in [9.17, 15) is 4.79 Å². The Morgan fingerprint density at radius 1 is 1.75 bits per heavy atom. The third-order valence-corrected chi connectivity index (χ3v) is 2.64. The molecule has 6 heteroatoms. The molecular weight excluding hydrogens is 208 g/mol. The molecule has 0 aliphatic carbocycles. The van der Waals surface area contributed by atoms with Gasteiger partial charge in [-0.05, 0) is 13.3 Å². The number of anilines is 1. The van der Waals surface area contributed by atoms with Crippen molar-refractivity contribution in [2.24, 2.45) is 0 Å². The van der Waals surface area contributed by atoms with Gasteiger partial charge in [-0.3, -0.25) is 9.89 Å². The number of amides is 1. The highest BCUT2D eigenvalue weighted by Gasteiger charge is 2.23. The van der Waals surface area contributed by atoms with Gasteiger partial charge >= 0.3 is 0 Å². The van der Waals surface area contributed by atoms with Crippen molar-refractivity contribution in [1.29, 1.82) is 0 Å². The molecule has 2 rings (SSSR count). The summed E-state index contributed by atoms with van der Waals surface area (Å²) in [5, 5.41) is 6.32. The lowest BCUT2D eigenvalue weighted by Crippen LogP contribution is -2.36. The minimum absolute atomic E-state index is 0.0691. The van der Waals surface area contributed by atoms with Gasteiger partial charge in [-0.2, -0.15) is 5.10 Å². The molecule has 6 nitrogen and oxygen atoms in total. The number of hydrogen-bond donors (Lipinski definition) is 2. The molecule has 16 heavy (non-hydrogen) atoms. The Balaban J connectivity index is 2.12. The highest BCUT2D eigenvalue weighted by molar-refractivity contribution is 5.98. The smallest absolute Gasteiger partial charge is 0.259 e. The number of rotatable bonds is 1. The van der Waals surface area contributed by atoms with Gasteiger partial charge in [0, 0.05) is 19.7 Å². The molecule has 1 unspecified atom stereocenters. The van der Waals surface area contributed by atoms with Gasteiger partial charge in [-0.15, -0.1) is 0 Å². The molecule has 1 aliphatic heterocycles. The minimum atomic E-state index is -0.0800. The molecule has 1 aromatic rings. The summed E-state index contributed by atoms with van der Waals surface area (Å²) in [6.45, 7) is 3.97. The van der Waals surface area contributed by atoms with Crippen LogP contribution >= 0.6 is 0 Å². The minimum Gasteiger partial charge on any atom is -0.383 e. The summed E-state index contributed by atoms with van der Waals surface area (Å²) in [6, 6.07) is 0. The molecule has 88 valence electrons. The second kappa shape index (κ2) is 4.52. The fraction of sp³-hybridized carbons (Fsp3) is 0.600. The van der Waals surface area contributed by atoms with Gasteiger partial charge in [-0.25, -0.2) is 0 Å². The summed E-state index contributed by atoms with van der Waals surface area (Å²) in [4.78, 5) is 13.9. The molecule has 1 atom stereocenters. The van der Waals surface area contributed by atoms with Crippen molar-refractivity contribution < 1.29 is 9.53 Å². The molecule has 1 fully saturated rings. The van der Waals surface area contributed by atoms with E-state index in [1.807, 2.05) is 6.92 Å². The summed E-state index contributed by atoms with van der Waals surface area (Å²) < 4.78 is 5.48. The van der Waals surface area contributed by atoms with E-state index in [4.69, 9.17) is 10.5 Å². The van der Waals surface area contributed by atoms with Crippen molar-refractivity contribution >= 4 is 11.7 Å². The number of nitrogens with one attached hydrogen (secondary N) is 1. The van der Waals surface area contributed by atoms with E-state index in [1.54, 1.807) is 4.90 Å². The van der Waals surface area contributed by atoms with Crippen molar-refractivity contribution in [3.63, 3.8) is 0 Å². The lowest BCUT2D eigenvalue weighted by Gasteiger charge is -2.21. The van der Waals surface area contributed by atoms with Gasteiger partial charge in [0.1, 0.15) is 11.4 Å². The van der Waals surface area contributed by atoms with E-state index in [-0.39, 0.29) is 12.0 Å². The molecule has 2 heterocycles. The molecule has 0 aromatic carbocycles. The van der Waals surface area contributed by atoms with Gasteiger partial charge in [0.05, 0.1) is 12.3 Å². The van der Waals surface area contributed by atoms with Crippen molar-refractivity contribution in [1.82, 2.24) is 15.1 Å². The first kappa shape index (κ1) is 10.9. The average Bonchev–Trinajstić information content (AvgIpc) is 2.55. The Kier molecular flexibility index (Phi) is 3.09. The van der Waals surface area contributed by atoms with Gasteiger partial charge in [0.2, 0.25) is 0 Å². The van der Waals surface area contributed by atoms with E-state index in [2.05, 4.69) is 10.2 Å². The first-order valence-corrected chi connectivity index (χ1v) is 5.38. The first-order valence-electron chi connectivity index (χ1n) is 5.38. The second-order valence-corrected chi connectivity index (χ2v) is 3.98. The zero-order valence-electron chi connectivity index (χ0n) is 9.27. The number of aromatic nitrogens is 2. The number of hydrogen-bond acceptors (Lipinski definition) is 4. The molecule has 0 spiro atoms. The van der Waals surface area contributed by atoms with Crippen LogP contribution in [0, 0.1) is 0 Å². The summed E-state index contributed by atoms with van der Waals surface area (Å²) in [5.74, 6) is 0.242. The van der Waals surface area contributed by atoms with Gasteiger partial charge < -0.3 is 15.4 Å². The number of carbonyl (C=O) groups excluding carboxylic acids is 1. The Hall–Kier alpha value is -1.56. The fourth-order valence-electron chi connectivity index (χ4n) is 1.82. The topological polar surface area (TPSA) is 84.2 Å². The number of aromatic amines is 1. The molecule has 1 amide bonds. The number of ether oxygens (including phenoxy) is 1. The maximum atomic E-state index is 12.1. The Labute approximate surface area is 93.8 Å². The summed E-state index contributed by atoms with van der Waals surface area (Å²) in [6.07, 6.45) is 2.39. The van der Waals surface area contributed by atoms with Crippen molar-refractivity contribution in [2.45, 2.75) is 19.4 Å². The third kappa shape index (κ3) is 2.16. The van der Waals surface area contributed by atoms with Crippen molar-refractivity contribution in [2.75, 3.05) is 25.4 Å². The fourth-order valence-corrected chi connectivity index (χ4v) is 1.82. The van der Waals surface area contributed by atoms with Crippen LogP contribution in [0.15, 0.2) is 6.20 Å². The zero-order chi connectivity index (χ0) is 11.5. The first-order chi connectivity index (χ1) is 7.68. The number of carbonyl (C=O) groups is 1. The highest BCUT2D eigenvalue weighted by Crippen LogP contribution is 2.13. The monoisotopic (exact) mass is 224 g/mol. The van der Waals surface area contributed by atoms with E-state index in [1.165, 1.54) is 6.20 Å². The predicted octanol–water partition coefficient (Wildman–Crippen LogP) is 0.243. The SMILES string of the molecule is CC1CN(C(=O)c2cn[nH]c2N)CCCO1. The molecule has 1 saturated heterocycles. The highest BCUT2D eigenvalue weighted by atomic mass is 16.5. The number of nitrogen functional groups attached to an aromatic ring is 1. The van der Waals surface area contributed by atoms with Crippen molar-refractivity contribution in [3.05, 3.63) is 11.8 Å². The second-order valence-electron chi connectivity index (χ2n) is 3.98. The third-order valence-electron chi connectivity index (χ3n) is 2.64. The summed E-state index contributed by atoms with van der Waals surface area (Å²) in [7, 11) is 0. The predicted molar refractivity (Wildman–Crippen MR) is 58.9 cm³/mol. The Morgan fingerprint density at radius 2 is 2.56 bits per heavy atom. The van der Waals surface area contributed by atoms with E-state index >= 15 is 0 Å². The van der Waals surface area contributed by atoms with Crippen LogP contribution in [0.5, 0.6) is 0 Å². The molecular formula is C10H16N4O2.